The van der Waals surface area contributed by atoms with Crippen LogP contribution < -0.4 is 0 Å². The Bertz CT molecular complexity index is 462. The van der Waals surface area contributed by atoms with Crippen molar-refractivity contribution in [1.29, 1.82) is 0 Å². The summed E-state index contributed by atoms with van der Waals surface area (Å²) in [6.45, 7) is 2.01. The van der Waals surface area contributed by atoms with E-state index in [4.69, 9.17) is 0 Å². The SMILES string of the molecule is CCC(O)CCc1cccc2ncccc12. The summed E-state index contributed by atoms with van der Waals surface area (Å²) in [5, 5.41) is 10.8. The third kappa shape index (κ3) is 2.39. The van der Waals surface area contributed by atoms with Crippen molar-refractivity contribution >= 4 is 10.9 Å². The second-order valence-corrected chi connectivity index (χ2v) is 4.09. The number of pyridine rings is 1. The molecule has 0 radical (unpaired) electrons. The number of hydrogen-bond donors (Lipinski definition) is 1. The van der Waals surface area contributed by atoms with Gasteiger partial charge in [0.2, 0.25) is 0 Å². The highest BCUT2D eigenvalue weighted by molar-refractivity contribution is 5.81. The average molecular weight is 215 g/mol. The maximum Gasteiger partial charge on any atom is 0.0704 e. The fourth-order valence-corrected chi connectivity index (χ4v) is 1.91. The Balaban J connectivity index is 2.23. The normalized spacial score (nSPS) is 12.9. The van der Waals surface area contributed by atoms with Gasteiger partial charge in [-0.1, -0.05) is 25.1 Å². The second kappa shape index (κ2) is 5.08. The van der Waals surface area contributed by atoms with Gasteiger partial charge in [0.15, 0.2) is 0 Å². The number of nitrogens with zero attached hydrogens (tertiary/aromatic N) is 1. The van der Waals surface area contributed by atoms with Crippen LogP contribution in [-0.2, 0) is 6.42 Å². The number of hydrogen-bond acceptors (Lipinski definition) is 2. The molecule has 16 heavy (non-hydrogen) atoms. The lowest BCUT2D eigenvalue weighted by atomic mass is 10.0. The van der Waals surface area contributed by atoms with Crippen LogP contribution in [0.5, 0.6) is 0 Å². The highest BCUT2D eigenvalue weighted by Crippen LogP contribution is 2.18. The number of benzene rings is 1. The van der Waals surface area contributed by atoms with Crippen molar-refractivity contribution in [2.24, 2.45) is 0 Å². The van der Waals surface area contributed by atoms with Crippen LogP contribution in [0.15, 0.2) is 36.5 Å². The average Bonchev–Trinajstić information content (AvgIpc) is 2.35. The molecule has 0 bridgehead atoms. The summed E-state index contributed by atoms with van der Waals surface area (Å²) in [5.74, 6) is 0. The predicted octanol–water partition coefficient (Wildman–Crippen LogP) is 2.94. The van der Waals surface area contributed by atoms with Crippen LogP contribution in [0.25, 0.3) is 10.9 Å². The van der Waals surface area contributed by atoms with Gasteiger partial charge >= 0.3 is 0 Å². The molecule has 0 aliphatic carbocycles. The summed E-state index contributed by atoms with van der Waals surface area (Å²) < 4.78 is 0. The second-order valence-electron chi connectivity index (χ2n) is 4.09. The van der Waals surface area contributed by atoms with Gasteiger partial charge in [0, 0.05) is 11.6 Å². The molecule has 1 aromatic heterocycles. The summed E-state index contributed by atoms with van der Waals surface area (Å²) >= 11 is 0. The van der Waals surface area contributed by atoms with Crippen molar-refractivity contribution in [3.63, 3.8) is 0 Å². The number of fused-ring (bicyclic) bond motifs is 1. The molecule has 1 N–H and O–H groups in total. The van der Waals surface area contributed by atoms with Gasteiger partial charge in [0.25, 0.3) is 0 Å². The van der Waals surface area contributed by atoms with Gasteiger partial charge in [-0.05, 0) is 37.0 Å². The molecule has 0 amide bonds. The molecule has 2 aromatic rings. The summed E-state index contributed by atoms with van der Waals surface area (Å²) in [4.78, 5) is 4.33. The first-order chi connectivity index (χ1) is 7.81. The van der Waals surface area contributed by atoms with Crippen molar-refractivity contribution < 1.29 is 5.11 Å². The van der Waals surface area contributed by atoms with E-state index in [1.807, 2.05) is 31.3 Å². The van der Waals surface area contributed by atoms with Crippen LogP contribution in [0, 0.1) is 0 Å². The number of aliphatic hydroxyl groups is 1. The maximum atomic E-state index is 9.58. The van der Waals surface area contributed by atoms with Crippen LogP contribution in [0.4, 0.5) is 0 Å². The monoisotopic (exact) mass is 215 g/mol. The number of aromatic nitrogens is 1. The summed E-state index contributed by atoms with van der Waals surface area (Å²) in [6.07, 6.45) is 4.19. The van der Waals surface area contributed by atoms with E-state index in [1.54, 1.807) is 0 Å². The van der Waals surface area contributed by atoms with Crippen molar-refractivity contribution in [2.75, 3.05) is 0 Å². The summed E-state index contributed by atoms with van der Waals surface area (Å²) in [7, 11) is 0. The Morgan fingerprint density at radius 1 is 1.25 bits per heavy atom. The van der Waals surface area contributed by atoms with Crippen LogP contribution in [-0.4, -0.2) is 16.2 Å². The van der Waals surface area contributed by atoms with Gasteiger partial charge in [0.1, 0.15) is 0 Å². The molecule has 2 rings (SSSR count). The zero-order chi connectivity index (χ0) is 11.4. The molecule has 1 atom stereocenters. The largest absolute Gasteiger partial charge is 0.393 e. The van der Waals surface area contributed by atoms with E-state index in [0.29, 0.717) is 0 Å². The van der Waals surface area contributed by atoms with Crippen LogP contribution >= 0.6 is 0 Å². The lowest BCUT2D eigenvalue weighted by molar-refractivity contribution is 0.161. The Hall–Kier alpha value is -1.41. The van der Waals surface area contributed by atoms with E-state index in [-0.39, 0.29) is 6.10 Å². The fourth-order valence-electron chi connectivity index (χ4n) is 1.91. The van der Waals surface area contributed by atoms with E-state index in [2.05, 4.69) is 17.1 Å². The minimum absolute atomic E-state index is 0.188. The zero-order valence-corrected chi connectivity index (χ0v) is 9.56. The lowest BCUT2D eigenvalue weighted by Crippen LogP contribution is -2.05. The molecule has 0 saturated carbocycles. The minimum Gasteiger partial charge on any atom is -0.393 e. The Kier molecular flexibility index (Phi) is 3.52. The van der Waals surface area contributed by atoms with Gasteiger partial charge in [0.05, 0.1) is 11.6 Å². The molecule has 1 unspecified atom stereocenters. The van der Waals surface area contributed by atoms with E-state index >= 15 is 0 Å². The standard InChI is InChI=1S/C14H17NO/c1-2-12(16)9-8-11-5-3-7-14-13(11)6-4-10-15-14/h3-7,10,12,16H,2,8-9H2,1H3. The van der Waals surface area contributed by atoms with Gasteiger partial charge < -0.3 is 5.11 Å². The smallest absolute Gasteiger partial charge is 0.0704 e. The first kappa shape index (κ1) is 11.1. The van der Waals surface area contributed by atoms with Gasteiger partial charge in [-0.3, -0.25) is 4.98 Å². The Morgan fingerprint density at radius 2 is 2.12 bits per heavy atom. The molecule has 2 heteroatoms. The van der Waals surface area contributed by atoms with Gasteiger partial charge in [-0.25, -0.2) is 0 Å². The van der Waals surface area contributed by atoms with E-state index in [1.165, 1.54) is 10.9 Å². The molecule has 1 aromatic carbocycles. The molecular formula is C14H17NO. The van der Waals surface area contributed by atoms with Gasteiger partial charge in [-0.15, -0.1) is 0 Å². The maximum absolute atomic E-state index is 9.58. The predicted molar refractivity (Wildman–Crippen MR) is 66.4 cm³/mol. The Morgan fingerprint density at radius 3 is 2.94 bits per heavy atom. The van der Waals surface area contributed by atoms with Crippen molar-refractivity contribution in [3.8, 4) is 0 Å². The first-order valence-corrected chi connectivity index (χ1v) is 5.82. The third-order valence-corrected chi connectivity index (χ3v) is 2.95. The summed E-state index contributed by atoms with van der Waals surface area (Å²) in [6, 6.07) is 10.2. The van der Waals surface area contributed by atoms with Crippen molar-refractivity contribution in [2.45, 2.75) is 32.3 Å². The lowest BCUT2D eigenvalue weighted by Gasteiger charge is -2.09. The van der Waals surface area contributed by atoms with Crippen LogP contribution in [0.2, 0.25) is 0 Å². The quantitative estimate of drug-likeness (QED) is 0.850. The molecule has 0 fully saturated rings. The molecule has 0 aliphatic rings. The van der Waals surface area contributed by atoms with E-state index in [9.17, 15) is 5.11 Å². The molecule has 0 spiro atoms. The van der Waals surface area contributed by atoms with E-state index < -0.39 is 0 Å². The first-order valence-electron chi connectivity index (χ1n) is 5.82. The minimum atomic E-state index is -0.188. The van der Waals surface area contributed by atoms with Gasteiger partial charge in [-0.2, -0.15) is 0 Å². The van der Waals surface area contributed by atoms with Crippen molar-refractivity contribution in [1.82, 2.24) is 4.98 Å². The zero-order valence-electron chi connectivity index (χ0n) is 9.56. The summed E-state index contributed by atoms with van der Waals surface area (Å²) in [5.41, 5.74) is 2.31. The molecule has 0 saturated heterocycles. The highest BCUT2D eigenvalue weighted by atomic mass is 16.3. The highest BCUT2D eigenvalue weighted by Gasteiger charge is 2.04. The van der Waals surface area contributed by atoms with E-state index in [0.717, 1.165) is 24.8 Å². The molecule has 2 nitrogen and oxygen atoms in total. The topological polar surface area (TPSA) is 33.1 Å². The molecular weight excluding hydrogens is 198 g/mol. The third-order valence-electron chi connectivity index (χ3n) is 2.95. The Labute approximate surface area is 96.0 Å². The fraction of sp³-hybridized carbons (Fsp3) is 0.357. The molecule has 84 valence electrons. The number of rotatable bonds is 4. The van der Waals surface area contributed by atoms with Crippen molar-refractivity contribution in [3.05, 3.63) is 42.1 Å². The number of aryl methyl sites for hydroxylation is 1. The van der Waals surface area contributed by atoms with Crippen LogP contribution in [0.3, 0.4) is 0 Å². The molecule has 1 heterocycles. The molecule has 0 aliphatic heterocycles. The van der Waals surface area contributed by atoms with Crippen LogP contribution in [0.1, 0.15) is 25.3 Å². The number of aliphatic hydroxyl groups excluding tert-OH is 1.